The molecule has 1 N–H and O–H groups in total. The lowest BCUT2D eigenvalue weighted by Gasteiger charge is -2.20. The van der Waals surface area contributed by atoms with Crippen LogP contribution >= 0.6 is 0 Å². The van der Waals surface area contributed by atoms with Gasteiger partial charge in [-0.1, -0.05) is 12.1 Å². The predicted molar refractivity (Wildman–Crippen MR) is 117 cm³/mol. The number of alkyl halides is 3. The van der Waals surface area contributed by atoms with Crippen LogP contribution in [0, 0.1) is 5.82 Å². The van der Waals surface area contributed by atoms with Gasteiger partial charge in [-0.05, 0) is 36.4 Å². The van der Waals surface area contributed by atoms with E-state index in [0.717, 1.165) is 27.4 Å². The SMILES string of the molecule is COS(=O)(=O)C(F)(F)F.C[n+]1c2c3c(cccc3c3ccc(C(=O)O)cc31)Oc1ccc(F)cc1-2. The highest BCUT2D eigenvalue weighted by Crippen LogP contribution is 2.46. The summed E-state index contributed by atoms with van der Waals surface area (Å²) in [5.41, 5.74) is -2.86. The van der Waals surface area contributed by atoms with Crippen LogP contribution in [0.4, 0.5) is 17.6 Å². The van der Waals surface area contributed by atoms with Gasteiger partial charge in [0.15, 0.2) is 0 Å². The number of aryl methyl sites for hydroxylation is 1. The highest BCUT2D eigenvalue weighted by Gasteiger charge is 2.46. The Morgan fingerprint density at radius 2 is 1.74 bits per heavy atom. The molecule has 5 rings (SSSR count). The molecule has 1 aliphatic rings. The lowest BCUT2D eigenvalue weighted by atomic mass is 9.95. The molecule has 2 heterocycles. The molecule has 0 atom stereocenters. The Kier molecular flexibility index (Phi) is 5.89. The molecule has 1 aliphatic heterocycles. The largest absolute Gasteiger partial charge is 0.523 e. The predicted octanol–water partition coefficient (Wildman–Crippen LogP) is 4.91. The Morgan fingerprint density at radius 1 is 1.03 bits per heavy atom. The number of carboxylic acids is 1. The topological polar surface area (TPSA) is 93.8 Å². The molecule has 0 saturated heterocycles. The first-order chi connectivity index (χ1) is 16.4. The number of aromatic carboxylic acids is 1. The van der Waals surface area contributed by atoms with Crippen LogP contribution in [-0.4, -0.2) is 32.1 Å². The summed E-state index contributed by atoms with van der Waals surface area (Å²) in [6, 6.07) is 15.2. The lowest BCUT2D eigenvalue weighted by molar-refractivity contribution is -0.632. The number of halogens is 4. The summed E-state index contributed by atoms with van der Waals surface area (Å²) >= 11 is 0. The Balaban J connectivity index is 0.000000277. The molecule has 0 bridgehead atoms. The van der Waals surface area contributed by atoms with Crippen molar-refractivity contribution in [3.8, 4) is 22.8 Å². The molecule has 0 aliphatic carbocycles. The monoisotopic (exact) mass is 510 g/mol. The first kappa shape index (κ1) is 24.4. The minimum atomic E-state index is -5.34. The van der Waals surface area contributed by atoms with Crippen molar-refractivity contribution in [1.29, 1.82) is 0 Å². The van der Waals surface area contributed by atoms with Gasteiger partial charge in [0, 0.05) is 11.5 Å². The van der Waals surface area contributed by atoms with Crippen molar-refractivity contribution >= 4 is 37.8 Å². The van der Waals surface area contributed by atoms with Gasteiger partial charge in [0.2, 0.25) is 11.2 Å². The number of nitrogens with zero attached hydrogens (tertiary/aromatic N) is 1. The second kappa shape index (κ2) is 8.47. The van der Waals surface area contributed by atoms with Crippen LogP contribution < -0.4 is 9.30 Å². The normalized spacial score (nSPS) is 12.5. The highest BCUT2D eigenvalue weighted by molar-refractivity contribution is 7.87. The molecule has 0 fully saturated rings. The molecule has 0 radical (unpaired) electrons. The smallest absolute Gasteiger partial charge is 0.478 e. The summed E-state index contributed by atoms with van der Waals surface area (Å²) in [7, 11) is -3.03. The van der Waals surface area contributed by atoms with Gasteiger partial charge in [-0.2, -0.15) is 26.2 Å². The lowest BCUT2D eigenvalue weighted by Crippen LogP contribution is -2.33. The van der Waals surface area contributed by atoms with E-state index >= 15 is 0 Å². The molecule has 0 saturated carbocycles. The van der Waals surface area contributed by atoms with Crippen molar-refractivity contribution in [1.82, 2.24) is 0 Å². The Morgan fingerprint density at radius 3 is 2.34 bits per heavy atom. The fourth-order valence-electron chi connectivity index (χ4n) is 3.85. The molecule has 182 valence electrons. The molecule has 0 unspecified atom stereocenters. The number of carbonyl (C=O) groups is 1. The van der Waals surface area contributed by atoms with E-state index in [1.165, 1.54) is 12.1 Å². The fourth-order valence-corrected chi connectivity index (χ4v) is 4.04. The third kappa shape index (κ3) is 4.15. The van der Waals surface area contributed by atoms with E-state index in [1.807, 2.05) is 35.9 Å². The first-order valence-electron chi connectivity index (χ1n) is 9.82. The Labute approximate surface area is 195 Å². The molecule has 0 amide bonds. The summed E-state index contributed by atoms with van der Waals surface area (Å²) in [5, 5.41) is 12.1. The number of aromatic nitrogens is 1. The summed E-state index contributed by atoms with van der Waals surface area (Å²) in [4.78, 5) is 11.4. The third-order valence-electron chi connectivity index (χ3n) is 5.41. The van der Waals surface area contributed by atoms with E-state index in [4.69, 9.17) is 4.74 Å². The number of hydrogen-bond donors (Lipinski definition) is 1. The quantitative estimate of drug-likeness (QED) is 0.119. The maximum atomic E-state index is 13.9. The van der Waals surface area contributed by atoms with Crippen LogP contribution in [0.1, 0.15) is 10.4 Å². The third-order valence-corrected chi connectivity index (χ3v) is 6.42. The molecule has 0 spiro atoms. The minimum absolute atomic E-state index is 0.210. The van der Waals surface area contributed by atoms with Gasteiger partial charge >= 0.3 is 21.6 Å². The van der Waals surface area contributed by atoms with Crippen LogP contribution in [0.25, 0.3) is 32.9 Å². The zero-order valence-electron chi connectivity index (χ0n) is 18.1. The second-order valence-electron chi connectivity index (χ2n) is 7.43. The number of hydrogen-bond acceptors (Lipinski definition) is 5. The zero-order chi connectivity index (χ0) is 25.7. The average Bonchev–Trinajstić information content (AvgIpc) is 2.81. The number of ether oxygens (including phenoxy) is 1. The van der Waals surface area contributed by atoms with E-state index in [1.54, 1.807) is 18.2 Å². The summed E-state index contributed by atoms with van der Waals surface area (Å²) in [6.45, 7) is 0. The van der Waals surface area contributed by atoms with E-state index in [2.05, 4.69) is 4.18 Å². The summed E-state index contributed by atoms with van der Waals surface area (Å²) in [6.07, 6.45) is 0. The number of benzene rings is 3. The molecule has 35 heavy (non-hydrogen) atoms. The zero-order valence-corrected chi connectivity index (χ0v) is 18.9. The fraction of sp³-hybridized carbons (Fsp3) is 0.130. The number of pyridine rings is 1. The van der Waals surface area contributed by atoms with Gasteiger partial charge in [-0.3, -0.25) is 4.18 Å². The van der Waals surface area contributed by atoms with Crippen molar-refractivity contribution in [2.24, 2.45) is 7.05 Å². The van der Waals surface area contributed by atoms with E-state index in [-0.39, 0.29) is 11.4 Å². The van der Waals surface area contributed by atoms with E-state index in [9.17, 15) is 35.9 Å². The van der Waals surface area contributed by atoms with Crippen LogP contribution in [0.15, 0.2) is 54.6 Å². The van der Waals surface area contributed by atoms with Gasteiger partial charge in [0.05, 0.1) is 29.0 Å². The van der Waals surface area contributed by atoms with Gasteiger partial charge in [-0.15, -0.1) is 0 Å². The van der Waals surface area contributed by atoms with Crippen molar-refractivity contribution in [3.63, 3.8) is 0 Å². The van der Waals surface area contributed by atoms with Crippen molar-refractivity contribution < 1.29 is 49.4 Å². The standard InChI is InChI=1S/C21H12FNO3.C2H3F3O3S/c1-23-16-9-11(21(24)25)5-7-13(16)14-3-2-4-18-19(14)20(23)15-10-12(22)6-8-17(15)26-18;1-8-9(6,7)2(3,4)5/h2-10H,1H3;1H3/p+1. The molecule has 7 nitrogen and oxygen atoms in total. The Hall–Kier alpha value is -3.77. The summed E-state index contributed by atoms with van der Waals surface area (Å²) < 4.78 is 77.7. The van der Waals surface area contributed by atoms with Gasteiger partial charge < -0.3 is 9.84 Å². The maximum absolute atomic E-state index is 13.9. The number of rotatable bonds is 2. The van der Waals surface area contributed by atoms with Gasteiger partial charge in [0.25, 0.3) is 0 Å². The first-order valence-corrected chi connectivity index (χ1v) is 11.2. The van der Waals surface area contributed by atoms with Crippen LogP contribution in [0.5, 0.6) is 11.5 Å². The van der Waals surface area contributed by atoms with Crippen LogP contribution in [0.2, 0.25) is 0 Å². The maximum Gasteiger partial charge on any atom is 0.523 e. The van der Waals surface area contributed by atoms with Gasteiger partial charge in [-0.25, -0.2) is 9.18 Å². The van der Waals surface area contributed by atoms with Gasteiger partial charge in [0.1, 0.15) is 24.4 Å². The number of carboxylic acid groups (broad SMARTS) is 1. The average molecular weight is 510 g/mol. The number of fused-ring (bicyclic) bond motifs is 4. The molecular weight excluding hydrogens is 494 g/mol. The van der Waals surface area contributed by atoms with Crippen molar-refractivity contribution in [3.05, 3.63) is 66.0 Å². The molecular formula is C23H16F4NO6S+. The molecule has 3 aromatic carbocycles. The second-order valence-corrected chi connectivity index (χ2v) is 9.14. The Bertz CT molecular complexity index is 1620. The van der Waals surface area contributed by atoms with E-state index < -0.39 is 21.6 Å². The molecule has 4 aromatic rings. The van der Waals surface area contributed by atoms with Crippen LogP contribution in [0.3, 0.4) is 0 Å². The summed E-state index contributed by atoms with van der Waals surface area (Å²) in [5.74, 6) is -0.0457. The van der Waals surface area contributed by atoms with Crippen molar-refractivity contribution in [2.75, 3.05) is 7.11 Å². The van der Waals surface area contributed by atoms with Crippen molar-refractivity contribution in [2.45, 2.75) is 5.51 Å². The minimum Gasteiger partial charge on any atom is -0.478 e. The molecule has 1 aromatic heterocycles. The molecule has 12 heteroatoms. The highest BCUT2D eigenvalue weighted by atomic mass is 32.2. The van der Waals surface area contributed by atoms with Crippen LogP contribution in [-0.2, 0) is 21.3 Å². The van der Waals surface area contributed by atoms with E-state index in [0.29, 0.717) is 24.2 Å².